The number of carbonyl (C=O) groups excluding carboxylic acids is 2. The number of anilines is 1. The van der Waals surface area contributed by atoms with Gasteiger partial charge in [-0.05, 0) is 65.1 Å². The van der Waals surface area contributed by atoms with Crippen LogP contribution >= 0.6 is 11.3 Å². The van der Waals surface area contributed by atoms with Crippen LogP contribution in [0.4, 0.5) is 10.1 Å². The largest absolute Gasteiger partial charge is 0.493 e. The highest BCUT2D eigenvalue weighted by molar-refractivity contribution is 7.08. The van der Waals surface area contributed by atoms with Gasteiger partial charge in [-0.25, -0.2) is 4.39 Å². The van der Waals surface area contributed by atoms with E-state index < -0.39 is 11.9 Å². The van der Waals surface area contributed by atoms with Gasteiger partial charge in [0.05, 0.1) is 20.6 Å². The highest BCUT2D eigenvalue weighted by Gasteiger charge is 2.34. The van der Waals surface area contributed by atoms with E-state index in [4.69, 9.17) is 9.47 Å². The van der Waals surface area contributed by atoms with Gasteiger partial charge in [-0.15, -0.1) is 0 Å². The normalized spacial score (nSPS) is 14.6. The molecular formula is C28H31FN2O4S. The molecule has 1 N–H and O–H groups in total. The zero-order valence-electron chi connectivity index (χ0n) is 20.5. The standard InChI is InChI=1S/C28H31FN2O4S/c1-34-24-13-12-23(17-25(24)35-2)31(26(32)16-19-14-15-36-18-19)27(20-8-10-21(29)11-9-20)28(33)30-22-6-4-3-5-7-22/h8-15,17-18,22,27H,3-7,16H2,1-2H3,(H,30,33)/t27-/m1/s1. The highest BCUT2D eigenvalue weighted by Crippen LogP contribution is 2.36. The minimum Gasteiger partial charge on any atom is -0.493 e. The third-order valence-corrected chi connectivity index (χ3v) is 7.23. The van der Waals surface area contributed by atoms with Crippen LogP contribution in [-0.2, 0) is 16.0 Å². The van der Waals surface area contributed by atoms with Crippen molar-refractivity contribution >= 4 is 28.8 Å². The van der Waals surface area contributed by atoms with Crippen LogP contribution in [0.15, 0.2) is 59.3 Å². The number of rotatable bonds is 9. The lowest BCUT2D eigenvalue weighted by Gasteiger charge is -2.34. The number of amides is 2. The Morgan fingerprint density at radius 2 is 1.75 bits per heavy atom. The van der Waals surface area contributed by atoms with Crippen molar-refractivity contribution < 1.29 is 23.5 Å². The number of carbonyl (C=O) groups is 2. The Morgan fingerprint density at radius 3 is 2.39 bits per heavy atom. The summed E-state index contributed by atoms with van der Waals surface area (Å²) in [4.78, 5) is 29.2. The van der Waals surface area contributed by atoms with E-state index in [2.05, 4.69) is 5.32 Å². The van der Waals surface area contributed by atoms with E-state index >= 15 is 0 Å². The summed E-state index contributed by atoms with van der Waals surface area (Å²) in [6.45, 7) is 0. The average Bonchev–Trinajstić information content (AvgIpc) is 3.41. The SMILES string of the molecule is COc1ccc(N(C(=O)Cc2ccsc2)[C@@H](C(=O)NC2CCCCC2)c2ccc(F)cc2)cc1OC. The molecule has 3 aromatic rings. The van der Waals surface area contributed by atoms with E-state index in [1.54, 1.807) is 30.3 Å². The minimum atomic E-state index is -0.989. The zero-order chi connectivity index (χ0) is 25.5. The van der Waals surface area contributed by atoms with Gasteiger partial charge in [-0.1, -0.05) is 31.4 Å². The molecule has 6 nitrogen and oxygen atoms in total. The Labute approximate surface area is 215 Å². The topological polar surface area (TPSA) is 67.9 Å². The van der Waals surface area contributed by atoms with Gasteiger partial charge in [0.25, 0.3) is 0 Å². The van der Waals surface area contributed by atoms with Crippen LogP contribution < -0.4 is 19.7 Å². The molecular weight excluding hydrogens is 479 g/mol. The van der Waals surface area contributed by atoms with E-state index in [0.29, 0.717) is 22.7 Å². The maximum atomic E-state index is 13.8. The molecule has 0 saturated heterocycles. The summed E-state index contributed by atoms with van der Waals surface area (Å²) in [7, 11) is 3.06. The number of halogens is 1. The first kappa shape index (κ1) is 25.7. The van der Waals surface area contributed by atoms with Gasteiger partial charge in [0.2, 0.25) is 11.8 Å². The van der Waals surface area contributed by atoms with Gasteiger partial charge < -0.3 is 14.8 Å². The van der Waals surface area contributed by atoms with Crippen molar-refractivity contribution in [1.29, 1.82) is 0 Å². The Morgan fingerprint density at radius 1 is 1.03 bits per heavy atom. The molecule has 1 saturated carbocycles. The van der Waals surface area contributed by atoms with Gasteiger partial charge in [-0.2, -0.15) is 11.3 Å². The molecule has 1 atom stereocenters. The molecule has 1 aromatic heterocycles. The first-order valence-electron chi connectivity index (χ1n) is 12.1. The molecule has 36 heavy (non-hydrogen) atoms. The Balaban J connectivity index is 1.78. The van der Waals surface area contributed by atoms with Crippen molar-refractivity contribution in [3.05, 3.63) is 76.2 Å². The van der Waals surface area contributed by atoms with Crippen LogP contribution in [0.5, 0.6) is 11.5 Å². The minimum absolute atomic E-state index is 0.0495. The number of nitrogens with one attached hydrogen (secondary N) is 1. The molecule has 0 unspecified atom stereocenters. The third-order valence-electron chi connectivity index (χ3n) is 6.49. The van der Waals surface area contributed by atoms with E-state index in [1.807, 2.05) is 16.8 Å². The second-order valence-corrected chi connectivity index (χ2v) is 9.69. The number of benzene rings is 2. The molecule has 0 aliphatic heterocycles. The molecule has 2 aromatic carbocycles. The van der Waals surface area contributed by atoms with Gasteiger partial charge >= 0.3 is 0 Å². The van der Waals surface area contributed by atoms with E-state index in [0.717, 1.165) is 37.7 Å². The maximum absolute atomic E-state index is 13.8. The van der Waals surface area contributed by atoms with Crippen molar-refractivity contribution in [2.24, 2.45) is 0 Å². The van der Waals surface area contributed by atoms with Crippen molar-refractivity contribution in [3.63, 3.8) is 0 Å². The number of hydrogen-bond acceptors (Lipinski definition) is 5. The van der Waals surface area contributed by atoms with Crippen LogP contribution in [0, 0.1) is 5.82 Å². The molecule has 0 spiro atoms. The summed E-state index contributed by atoms with van der Waals surface area (Å²) in [6.07, 6.45) is 5.20. The van der Waals surface area contributed by atoms with Gasteiger partial charge in [0, 0.05) is 17.8 Å². The third kappa shape index (κ3) is 6.05. The predicted octanol–water partition coefficient (Wildman–Crippen LogP) is 5.67. The zero-order valence-corrected chi connectivity index (χ0v) is 21.4. The van der Waals surface area contributed by atoms with Gasteiger partial charge in [0.1, 0.15) is 11.9 Å². The molecule has 0 radical (unpaired) electrons. The number of nitrogens with zero attached hydrogens (tertiary/aromatic N) is 1. The first-order valence-corrected chi connectivity index (χ1v) is 13.1. The van der Waals surface area contributed by atoms with Crippen molar-refractivity contribution in [1.82, 2.24) is 5.32 Å². The molecule has 2 amide bonds. The summed E-state index contributed by atoms with van der Waals surface area (Å²) in [5.74, 6) is -0.00601. The lowest BCUT2D eigenvalue weighted by molar-refractivity contribution is -0.127. The summed E-state index contributed by atoms with van der Waals surface area (Å²) >= 11 is 1.51. The molecule has 1 aliphatic carbocycles. The lowest BCUT2D eigenvalue weighted by atomic mass is 9.94. The Kier molecular flexibility index (Phi) is 8.59. The van der Waals surface area contributed by atoms with Crippen LogP contribution in [0.3, 0.4) is 0 Å². The fourth-order valence-electron chi connectivity index (χ4n) is 4.65. The quantitative estimate of drug-likeness (QED) is 0.403. The second-order valence-electron chi connectivity index (χ2n) is 8.91. The number of thiophene rings is 1. The monoisotopic (exact) mass is 510 g/mol. The number of methoxy groups -OCH3 is 2. The molecule has 1 aliphatic rings. The van der Waals surface area contributed by atoms with Gasteiger partial charge in [-0.3, -0.25) is 14.5 Å². The van der Waals surface area contributed by atoms with Crippen LogP contribution in [0.2, 0.25) is 0 Å². The molecule has 1 heterocycles. The molecule has 190 valence electrons. The summed E-state index contributed by atoms with van der Waals surface area (Å²) < 4.78 is 24.7. The smallest absolute Gasteiger partial charge is 0.248 e. The summed E-state index contributed by atoms with van der Waals surface area (Å²) in [5, 5.41) is 7.00. The van der Waals surface area contributed by atoms with Gasteiger partial charge in [0.15, 0.2) is 11.5 Å². The Hall–Kier alpha value is -3.39. The first-order chi connectivity index (χ1) is 17.5. The maximum Gasteiger partial charge on any atom is 0.248 e. The molecule has 4 rings (SSSR count). The summed E-state index contributed by atoms with van der Waals surface area (Å²) in [6, 6.07) is 11.8. The van der Waals surface area contributed by atoms with E-state index in [-0.39, 0.29) is 24.3 Å². The molecule has 0 bridgehead atoms. The number of ether oxygens (including phenoxy) is 2. The van der Waals surface area contributed by atoms with E-state index in [1.165, 1.54) is 42.6 Å². The second kappa shape index (κ2) is 12.0. The predicted molar refractivity (Wildman–Crippen MR) is 139 cm³/mol. The van der Waals surface area contributed by atoms with Crippen molar-refractivity contribution in [2.75, 3.05) is 19.1 Å². The van der Waals surface area contributed by atoms with E-state index in [9.17, 15) is 14.0 Å². The number of hydrogen-bond donors (Lipinski definition) is 1. The summed E-state index contributed by atoms with van der Waals surface area (Å²) in [5.41, 5.74) is 1.88. The molecule has 8 heteroatoms. The molecule has 1 fully saturated rings. The fourth-order valence-corrected chi connectivity index (χ4v) is 5.32. The lowest BCUT2D eigenvalue weighted by Crippen LogP contribution is -2.47. The fraction of sp³-hybridized carbons (Fsp3) is 0.357. The van der Waals surface area contributed by atoms with Crippen molar-refractivity contribution in [2.45, 2.75) is 50.6 Å². The van der Waals surface area contributed by atoms with Crippen LogP contribution in [0.1, 0.15) is 49.3 Å². The van der Waals surface area contributed by atoms with Crippen LogP contribution in [-0.4, -0.2) is 32.1 Å². The average molecular weight is 511 g/mol. The highest BCUT2D eigenvalue weighted by atomic mass is 32.1. The van der Waals surface area contributed by atoms with Crippen LogP contribution in [0.25, 0.3) is 0 Å². The Bertz CT molecular complexity index is 1160. The van der Waals surface area contributed by atoms with Crippen molar-refractivity contribution in [3.8, 4) is 11.5 Å².